The normalized spacial score (nSPS) is 19.8. The molecular weight excluding hydrogens is 269 g/mol. The Labute approximate surface area is 105 Å². The van der Waals surface area contributed by atoms with Gasteiger partial charge in [0.2, 0.25) is 0 Å². The third kappa shape index (κ3) is 2.69. The number of hydrogen-bond donors (Lipinski definition) is 0. The first-order valence-corrected chi connectivity index (χ1v) is 5.60. The number of nitrogens with zero attached hydrogens (tertiary/aromatic N) is 1. The van der Waals surface area contributed by atoms with Crippen molar-refractivity contribution in [3.8, 4) is 0 Å². The van der Waals surface area contributed by atoms with Crippen molar-refractivity contribution >= 4 is 5.91 Å². The molecular formula is C12H10F5NO. The summed E-state index contributed by atoms with van der Waals surface area (Å²) in [7, 11) is 0. The molecule has 1 aliphatic rings. The molecule has 0 bridgehead atoms. The Morgan fingerprint density at radius 1 is 1.26 bits per heavy atom. The highest BCUT2D eigenvalue weighted by Gasteiger charge is 2.44. The molecule has 7 heteroatoms. The molecule has 0 aromatic heterocycles. The van der Waals surface area contributed by atoms with Gasteiger partial charge in [-0.15, -0.1) is 0 Å². The Morgan fingerprint density at radius 3 is 2.53 bits per heavy atom. The second-order valence-electron chi connectivity index (χ2n) is 4.38. The zero-order valence-corrected chi connectivity index (χ0v) is 9.68. The van der Waals surface area contributed by atoms with Gasteiger partial charge in [-0.2, -0.15) is 13.2 Å². The number of amides is 1. The van der Waals surface area contributed by atoms with Crippen LogP contribution in [0.25, 0.3) is 0 Å². The van der Waals surface area contributed by atoms with E-state index in [1.54, 1.807) is 0 Å². The number of alkyl halides is 3. The average molecular weight is 279 g/mol. The quantitative estimate of drug-likeness (QED) is 0.724. The summed E-state index contributed by atoms with van der Waals surface area (Å²) < 4.78 is 63.8. The van der Waals surface area contributed by atoms with Crippen LogP contribution in [0, 0.1) is 17.6 Å². The standard InChI is InChI=1S/C12H10F5NO/c13-9-3-1-2-8(10(9)14)11(19)18-5-4-7(6-18)12(15,16)17/h1-3,7H,4-6H2. The average Bonchev–Trinajstić information content (AvgIpc) is 2.81. The molecule has 1 aliphatic heterocycles. The van der Waals surface area contributed by atoms with Gasteiger partial charge in [0.05, 0.1) is 11.5 Å². The Hall–Kier alpha value is -1.66. The van der Waals surface area contributed by atoms with E-state index in [9.17, 15) is 26.7 Å². The van der Waals surface area contributed by atoms with Crippen LogP contribution in [0.2, 0.25) is 0 Å². The van der Waals surface area contributed by atoms with Crippen LogP contribution in [-0.4, -0.2) is 30.1 Å². The SMILES string of the molecule is O=C(c1cccc(F)c1F)N1CCC(C(F)(F)F)C1. The summed E-state index contributed by atoms with van der Waals surface area (Å²) in [5, 5.41) is 0. The largest absolute Gasteiger partial charge is 0.393 e. The highest BCUT2D eigenvalue weighted by Crippen LogP contribution is 2.34. The summed E-state index contributed by atoms with van der Waals surface area (Å²) in [5.74, 6) is -5.04. The maximum absolute atomic E-state index is 13.4. The van der Waals surface area contributed by atoms with Crippen LogP contribution < -0.4 is 0 Å². The van der Waals surface area contributed by atoms with Gasteiger partial charge in [0, 0.05) is 13.1 Å². The summed E-state index contributed by atoms with van der Waals surface area (Å²) in [6.07, 6.45) is -4.60. The molecule has 0 saturated carbocycles. The van der Waals surface area contributed by atoms with Crippen LogP contribution in [0.4, 0.5) is 22.0 Å². The van der Waals surface area contributed by atoms with Crippen LogP contribution in [-0.2, 0) is 0 Å². The van der Waals surface area contributed by atoms with E-state index in [1.165, 1.54) is 0 Å². The Kier molecular flexibility index (Phi) is 3.47. The molecule has 1 atom stereocenters. The van der Waals surface area contributed by atoms with Gasteiger partial charge in [0.15, 0.2) is 11.6 Å². The van der Waals surface area contributed by atoms with Crippen LogP contribution in [0.3, 0.4) is 0 Å². The van der Waals surface area contributed by atoms with Gasteiger partial charge in [-0.05, 0) is 18.6 Å². The van der Waals surface area contributed by atoms with Gasteiger partial charge in [-0.25, -0.2) is 8.78 Å². The topological polar surface area (TPSA) is 20.3 Å². The van der Waals surface area contributed by atoms with Crippen molar-refractivity contribution in [1.29, 1.82) is 0 Å². The molecule has 0 spiro atoms. The van der Waals surface area contributed by atoms with Crippen LogP contribution in [0.5, 0.6) is 0 Å². The fourth-order valence-electron chi connectivity index (χ4n) is 2.05. The molecule has 1 saturated heterocycles. The predicted octanol–water partition coefficient (Wildman–Crippen LogP) is 2.99. The summed E-state index contributed by atoms with van der Waals surface area (Å²) in [4.78, 5) is 12.7. The maximum Gasteiger partial charge on any atom is 0.393 e. The molecule has 0 aliphatic carbocycles. The molecule has 2 nitrogen and oxygen atoms in total. The Balaban J connectivity index is 2.16. The number of carbonyl (C=O) groups excluding carboxylic acids is 1. The van der Waals surface area contributed by atoms with Crippen molar-refractivity contribution in [1.82, 2.24) is 4.90 Å². The van der Waals surface area contributed by atoms with E-state index in [-0.39, 0.29) is 13.0 Å². The molecule has 1 aromatic rings. The third-order valence-corrected chi connectivity index (χ3v) is 3.12. The van der Waals surface area contributed by atoms with Crippen molar-refractivity contribution < 1.29 is 26.7 Å². The number of benzene rings is 1. The van der Waals surface area contributed by atoms with Crippen molar-refractivity contribution in [3.05, 3.63) is 35.4 Å². The van der Waals surface area contributed by atoms with Crippen LogP contribution in [0.15, 0.2) is 18.2 Å². The van der Waals surface area contributed by atoms with E-state index in [2.05, 4.69) is 0 Å². The summed E-state index contributed by atoms with van der Waals surface area (Å²) in [6.45, 7) is -0.628. The van der Waals surface area contributed by atoms with Gasteiger partial charge in [0.25, 0.3) is 5.91 Å². The number of rotatable bonds is 1. The third-order valence-electron chi connectivity index (χ3n) is 3.12. The minimum Gasteiger partial charge on any atom is -0.338 e. The summed E-state index contributed by atoms with van der Waals surface area (Å²) in [6, 6.07) is 3.04. The van der Waals surface area contributed by atoms with Gasteiger partial charge in [-0.1, -0.05) is 6.07 Å². The van der Waals surface area contributed by atoms with E-state index in [0.29, 0.717) is 0 Å². The van der Waals surface area contributed by atoms with Crippen LogP contribution in [0.1, 0.15) is 16.8 Å². The number of halogens is 5. The Morgan fingerprint density at radius 2 is 1.95 bits per heavy atom. The second-order valence-corrected chi connectivity index (χ2v) is 4.38. The molecule has 19 heavy (non-hydrogen) atoms. The molecule has 1 aromatic carbocycles. The van der Waals surface area contributed by atoms with Crippen molar-refractivity contribution in [2.45, 2.75) is 12.6 Å². The lowest BCUT2D eigenvalue weighted by molar-refractivity contribution is -0.169. The number of carbonyl (C=O) groups is 1. The highest BCUT2D eigenvalue weighted by atomic mass is 19.4. The molecule has 104 valence electrons. The zero-order valence-electron chi connectivity index (χ0n) is 9.68. The zero-order chi connectivity index (χ0) is 14.2. The van der Waals surface area contributed by atoms with E-state index in [4.69, 9.17) is 0 Å². The monoisotopic (exact) mass is 279 g/mol. The van der Waals surface area contributed by atoms with Crippen molar-refractivity contribution in [3.63, 3.8) is 0 Å². The minimum atomic E-state index is -4.38. The fourth-order valence-corrected chi connectivity index (χ4v) is 2.05. The summed E-state index contributed by atoms with van der Waals surface area (Å²) in [5.41, 5.74) is -0.539. The molecule has 1 fully saturated rings. The second kappa shape index (κ2) is 4.79. The predicted molar refractivity (Wildman–Crippen MR) is 56.4 cm³/mol. The smallest absolute Gasteiger partial charge is 0.338 e. The number of hydrogen-bond acceptors (Lipinski definition) is 1. The maximum atomic E-state index is 13.4. The summed E-state index contributed by atoms with van der Waals surface area (Å²) >= 11 is 0. The first-order chi connectivity index (χ1) is 8.80. The molecule has 1 heterocycles. The van der Waals surface area contributed by atoms with Crippen molar-refractivity contribution in [2.75, 3.05) is 13.1 Å². The van der Waals surface area contributed by atoms with Gasteiger partial charge in [-0.3, -0.25) is 4.79 Å². The van der Waals surface area contributed by atoms with Gasteiger partial charge in [0.1, 0.15) is 0 Å². The van der Waals surface area contributed by atoms with Gasteiger partial charge < -0.3 is 4.90 Å². The van der Waals surface area contributed by atoms with E-state index < -0.39 is 41.7 Å². The molecule has 2 rings (SSSR count). The van der Waals surface area contributed by atoms with E-state index >= 15 is 0 Å². The Bertz CT molecular complexity index is 499. The highest BCUT2D eigenvalue weighted by molar-refractivity contribution is 5.94. The first kappa shape index (κ1) is 13.8. The molecule has 0 N–H and O–H groups in total. The van der Waals surface area contributed by atoms with Crippen molar-refractivity contribution in [2.24, 2.45) is 5.92 Å². The van der Waals surface area contributed by atoms with E-state index in [1.807, 2.05) is 0 Å². The van der Waals surface area contributed by atoms with Crippen LogP contribution >= 0.6 is 0 Å². The lowest BCUT2D eigenvalue weighted by Gasteiger charge is -2.18. The van der Waals surface area contributed by atoms with Gasteiger partial charge >= 0.3 is 6.18 Å². The molecule has 0 radical (unpaired) electrons. The van der Waals surface area contributed by atoms with E-state index in [0.717, 1.165) is 23.1 Å². The molecule has 1 unspecified atom stereocenters. The minimum absolute atomic E-state index is 0.112. The fraction of sp³-hybridized carbons (Fsp3) is 0.417. The lowest BCUT2D eigenvalue weighted by atomic mass is 10.1. The lowest BCUT2D eigenvalue weighted by Crippen LogP contribution is -2.32. The number of likely N-dealkylation sites (tertiary alicyclic amines) is 1. The first-order valence-electron chi connectivity index (χ1n) is 5.60. The molecule has 1 amide bonds.